The van der Waals surface area contributed by atoms with Crippen LogP contribution in [0.5, 0.6) is 0 Å². The number of carboxylic acids is 1. The van der Waals surface area contributed by atoms with Crippen molar-refractivity contribution in [3.05, 3.63) is 27.9 Å². The van der Waals surface area contributed by atoms with Crippen molar-refractivity contribution in [2.45, 2.75) is 13.3 Å². The number of nitrogens with zero attached hydrogens (tertiary/aromatic N) is 3. The van der Waals surface area contributed by atoms with Gasteiger partial charge in [0.2, 0.25) is 0 Å². The highest BCUT2D eigenvalue weighted by Gasteiger charge is 2.25. The van der Waals surface area contributed by atoms with Gasteiger partial charge in [-0.2, -0.15) is 0 Å². The summed E-state index contributed by atoms with van der Waals surface area (Å²) in [4.78, 5) is 26.9. The molecule has 1 aliphatic heterocycles. The van der Waals surface area contributed by atoms with Gasteiger partial charge in [0.25, 0.3) is 0 Å². The molecule has 1 aromatic rings. The molecule has 1 aliphatic rings. The molecular formula is C11H13N3O4. The average molecular weight is 251 g/mol. The minimum atomic E-state index is -1.31. The van der Waals surface area contributed by atoms with Gasteiger partial charge in [0, 0.05) is 19.2 Å². The summed E-state index contributed by atoms with van der Waals surface area (Å²) in [6.07, 6.45) is 2.03. The Balaban J connectivity index is 2.37. The van der Waals surface area contributed by atoms with E-state index in [1.807, 2.05) is 4.90 Å². The molecule has 1 atom stereocenters. The van der Waals surface area contributed by atoms with Crippen LogP contribution in [0.3, 0.4) is 0 Å². The molecule has 1 saturated heterocycles. The topological polar surface area (TPSA) is 96.6 Å². The van der Waals surface area contributed by atoms with E-state index in [4.69, 9.17) is 5.11 Å². The van der Waals surface area contributed by atoms with Gasteiger partial charge in [0.15, 0.2) is 0 Å². The smallest absolute Gasteiger partial charge is 0.342 e. The second kappa shape index (κ2) is 4.59. The van der Waals surface area contributed by atoms with E-state index in [1.165, 1.54) is 6.07 Å². The first kappa shape index (κ1) is 12.3. The van der Waals surface area contributed by atoms with Crippen LogP contribution in [0, 0.1) is 16.0 Å². The maximum atomic E-state index is 11.0. The van der Waals surface area contributed by atoms with Crippen LogP contribution < -0.4 is 4.90 Å². The van der Waals surface area contributed by atoms with E-state index in [2.05, 4.69) is 11.9 Å². The van der Waals surface area contributed by atoms with Crippen molar-refractivity contribution >= 4 is 17.5 Å². The summed E-state index contributed by atoms with van der Waals surface area (Å²) in [5, 5.41) is 19.7. The van der Waals surface area contributed by atoms with Crippen LogP contribution in [-0.2, 0) is 0 Å². The Kier molecular flexibility index (Phi) is 3.14. The molecule has 1 fully saturated rings. The summed E-state index contributed by atoms with van der Waals surface area (Å²) in [5.41, 5.74) is -0.789. The zero-order chi connectivity index (χ0) is 13.3. The van der Waals surface area contributed by atoms with E-state index in [0.717, 1.165) is 25.7 Å². The third-order valence-corrected chi connectivity index (χ3v) is 3.04. The van der Waals surface area contributed by atoms with Crippen LogP contribution in [0.1, 0.15) is 23.7 Å². The van der Waals surface area contributed by atoms with E-state index in [0.29, 0.717) is 11.7 Å². The SMILES string of the molecule is CC1CCN(c2cc(C(=O)O)c([N+](=O)[O-])cn2)C1. The maximum absolute atomic E-state index is 11.0. The Bertz CT molecular complexity index is 503. The summed E-state index contributed by atoms with van der Waals surface area (Å²) < 4.78 is 0. The highest BCUT2D eigenvalue weighted by molar-refractivity contribution is 5.93. The van der Waals surface area contributed by atoms with Crippen molar-refractivity contribution in [1.82, 2.24) is 4.98 Å². The largest absolute Gasteiger partial charge is 0.477 e. The van der Waals surface area contributed by atoms with Crippen molar-refractivity contribution in [3.63, 3.8) is 0 Å². The lowest BCUT2D eigenvalue weighted by molar-refractivity contribution is -0.385. The number of aromatic carboxylic acids is 1. The van der Waals surface area contributed by atoms with Gasteiger partial charge in [-0.25, -0.2) is 9.78 Å². The second-order valence-corrected chi connectivity index (χ2v) is 4.46. The first-order valence-electron chi connectivity index (χ1n) is 5.61. The summed E-state index contributed by atoms with van der Waals surface area (Å²) in [5.74, 6) is -0.296. The number of anilines is 1. The minimum Gasteiger partial charge on any atom is -0.477 e. The molecule has 0 radical (unpaired) electrons. The molecule has 0 aliphatic carbocycles. The maximum Gasteiger partial charge on any atom is 0.342 e. The third-order valence-electron chi connectivity index (χ3n) is 3.04. The molecule has 2 heterocycles. The van der Waals surface area contributed by atoms with Crippen LogP contribution in [-0.4, -0.2) is 34.1 Å². The second-order valence-electron chi connectivity index (χ2n) is 4.46. The number of hydrogen-bond donors (Lipinski definition) is 1. The van der Waals surface area contributed by atoms with Crippen LogP contribution >= 0.6 is 0 Å². The van der Waals surface area contributed by atoms with Gasteiger partial charge < -0.3 is 10.0 Å². The summed E-state index contributed by atoms with van der Waals surface area (Å²) in [7, 11) is 0. The van der Waals surface area contributed by atoms with Gasteiger partial charge >= 0.3 is 11.7 Å². The van der Waals surface area contributed by atoms with Crippen molar-refractivity contribution in [1.29, 1.82) is 0 Å². The number of hydrogen-bond acceptors (Lipinski definition) is 5. The van der Waals surface area contributed by atoms with Gasteiger partial charge in [0.1, 0.15) is 17.6 Å². The monoisotopic (exact) mass is 251 g/mol. The number of aromatic nitrogens is 1. The lowest BCUT2D eigenvalue weighted by atomic mass is 10.2. The predicted molar refractivity (Wildman–Crippen MR) is 63.8 cm³/mol. The van der Waals surface area contributed by atoms with Crippen molar-refractivity contribution < 1.29 is 14.8 Å². The Morgan fingerprint density at radius 2 is 2.39 bits per heavy atom. The zero-order valence-corrected chi connectivity index (χ0v) is 9.87. The fourth-order valence-electron chi connectivity index (χ4n) is 2.07. The Morgan fingerprint density at radius 3 is 2.89 bits per heavy atom. The molecule has 96 valence electrons. The van der Waals surface area contributed by atoms with Crippen LogP contribution in [0.25, 0.3) is 0 Å². The first-order chi connectivity index (χ1) is 8.49. The number of carbonyl (C=O) groups is 1. The van der Waals surface area contributed by atoms with Crippen LogP contribution in [0.2, 0.25) is 0 Å². The molecule has 2 rings (SSSR count). The molecule has 7 nitrogen and oxygen atoms in total. The molecule has 1 N–H and O–H groups in total. The Hall–Kier alpha value is -2.18. The van der Waals surface area contributed by atoms with Crippen molar-refractivity contribution in [2.75, 3.05) is 18.0 Å². The lowest BCUT2D eigenvalue weighted by Crippen LogP contribution is -2.21. The molecule has 0 aromatic carbocycles. The van der Waals surface area contributed by atoms with Gasteiger partial charge in [-0.15, -0.1) is 0 Å². The molecule has 18 heavy (non-hydrogen) atoms. The molecule has 7 heteroatoms. The summed E-state index contributed by atoms with van der Waals surface area (Å²) in [6.45, 7) is 3.69. The quantitative estimate of drug-likeness (QED) is 0.646. The number of carboxylic acid groups (broad SMARTS) is 1. The Morgan fingerprint density at radius 1 is 1.67 bits per heavy atom. The van der Waals surface area contributed by atoms with E-state index in [1.54, 1.807) is 0 Å². The van der Waals surface area contributed by atoms with Gasteiger partial charge in [-0.1, -0.05) is 6.92 Å². The fraction of sp³-hybridized carbons (Fsp3) is 0.455. The molecule has 1 aromatic heterocycles. The van der Waals surface area contributed by atoms with E-state index >= 15 is 0 Å². The summed E-state index contributed by atoms with van der Waals surface area (Å²) in [6, 6.07) is 1.28. The van der Waals surface area contributed by atoms with Gasteiger partial charge in [0.05, 0.1) is 4.92 Å². The molecule has 0 spiro atoms. The number of pyridine rings is 1. The molecule has 0 amide bonds. The molecular weight excluding hydrogens is 238 g/mol. The first-order valence-corrected chi connectivity index (χ1v) is 5.61. The van der Waals surface area contributed by atoms with E-state index < -0.39 is 16.6 Å². The zero-order valence-electron chi connectivity index (χ0n) is 9.87. The number of nitro groups is 1. The highest BCUT2D eigenvalue weighted by Crippen LogP contribution is 2.26. The minimum absolute atomic E-state index is 0.315. The van der Waals surface area contributed by atoms with Crippen molar-refractivity contribution in [2.24, 2.45) is 5.92 Å². The standard InChI is InChI=1S/C11H13N3O4/c1-7-2-3-13(6-7)10-4-8(11(15)16)9(5-12-10)14(17)18/h4-5,7H,2-3,6H2,1H3,(H,15,16). The van der Waals surface area contributed by atoms with E-state index in [9.17, 15) is 14.9 Å². The van der Waals surface area contributed by atoms with Crippen molar-refractivity contribution in [3.8, 4) is 0 Å². The lowest BCUT2D eigenvalue weighted by Gasteiger charge is -2.16. The van der Waals surface area contributed by atoms with Crippen LogP contribution in [0.15, 0.2) is 12.3 Å². The highest BCUT2D eigenvalue weighted by atomic mass is 16.6. The normalized spacial score (nSPS) is 18.9. The van der Waals surface area contributed by atoms with Gasteiger partial charge in [-0.05, 0) is 12.3 Å². The third kappa shape index (κ3) is 2.24. The van der Waals surface area contributed by atoms with E-state index in [-0.39, 0.29) is 5.56 Å². The van der Waals surface area contributed by atoms with Gasteiger partial charge in [-0.3, -0.25) is 10.1 Å². The molecule has 0 saturated carbocycles. The number of rotatable bonds is 3. The summed E-state index contributed by atoms with van der Waals surface area (Å²) >= 11 is 0. The fourth-order valence-corrected chi connectivity index (χ4v) is 2.07. The Labute approximate surface area is 103 Å². The average Bonchev–Trinajstić information content (AvgIpc) is 2.75. The predicted octanol–water partition coefficient (Wildman–Crippen LogP) is 1.53. The molecule has 1 unspecified atom stereocenters. The van der Waals surface area contributed by atoms with Crippen LogP contribution in [0.4, 0.5) is 11.5 Å². The molecule has 0 bridgehead atoms.